The summed E-state index contributed by atoms with van der Waals surface area (Å²) in [6.45, 7) is 0.0721. The molecular formula is C18H15BrFN3O4. The summed E-state index contributed by atoms with van der Waals surface area (Å²) < 4.78 is 26.0. The van der Waals surface area contributed by atoms with Gasteiger partial charge in [-0.3, -0.25) is 20.4 Å². The molecule has 140 valence electrons. The molecule has 0 bridgehead atoms. The Kier molecular flexibility index (Phi) is 5.60. The number of benzene rings is 1. The van der Waals surface area contributed by atoms with Gasteiger partial charge in [0.2, 0.25) is 0 Å². The van der Waals surface area contributed by atoms with Gasteiger partial charge < -0.3 is 13.7 Å². The second-order valence-corrected chi connectivity index (χ2v) is 6.49. The SMILES string of the molecule is Cn1cc(Br)cc1C(=O)NNC(=O)c1ccc(COc2ccc(F)cc2)o1. The van der Waals surface area contributed by atoms with Crippen molar-refractivity contribution in [3.05, 3.63) is 76.2 Å². The largest absolute Gasteiger partial charge is 0.486 e. The van der Waals surface area contributed by atoms with Crippen molar-refractivity contribution in [3.63, 3.8) is 0 Å². The third-order valence-corrected chi connectivity index (χ3v) is 4.01. The van der Waals surface area contributed by atoms with Crippen molar-refractivity contribution < 1.29 is 23.1 Å². The monoisotopic (exact) mass is 435 g/mol. The second kappa shape index (κ2) is 8.09. The van der Waals surface area contributed by atoms with Gasteiger partial charge in [-0.2, -0.15) is 0 Å². The van der Waals surface area contributed by atoms with Crippen LogP contribution in [0, 0.1) is 5.82 Å². The number of rotatable bonds is 5. The Morgan fingerprint density at radius 1 is 1.15 bits per heavy atom. The van der Waals surface area contributed by atoms with Gasteiger partial charge in [0, 0.05) is 17.7 Å². The summed E-state index contributed by atoms with van der Waals surface area (Å²) >= 11 is 3.27. The molecule has 3 aromatic rings. The van der Waals surface area contributed by atoms with Crippen molar-refractivity contribution in [3.8, 4) is 5.75 Å². The topological polar surface area (TPSA) is 85.5 Å². The van der Waals surface area contributed by atoms with E-state index in [2.05, 4.69) is 26.8 Å². The molecule has 0 aliphatic heterocycles. The van der Waals surface area contributed by atoms with Crippen molar-refractivity contribution in [1.82, 2.24) is 15.4 Å². The fourth-order valence-corrected chi connectivity index (χ4v) is 2.78. The van der Waals surface area contributed by atoms with Crippen LogP contribution in [0.15, 0.2) is 57.6 Å². The molecule has 2 heterocycles. The predicted molar refractivity (Wildman–Crippen MR) is 97.5 cm³/mol. The molecule has 3 rings (SSSR count). The molecule has 0 radical (unpaired) electrons. The molecule has 0 spiro atoms. The van der Waals surface area contributed by atoms with E-state index in [1.165, 1.54) is 30.3 Å². The summed E-state index contributed by atoms with van der Waals surface area (Å²) in [5, 5.41) is 0. The Morgan fingerprint density at radius 3 is 2.52 bits per heavy atom. The van der Waals surface area contributed by atoms with E-state index in [-0.39, 0.29) is 18.2 Å². The molecule has 9 heteroatoms. The minimum atomic E-state index is -0.607. The number of nitrogens with zero attached hydrogens (tertiary/aromatic N) is 1. The maximum absolute atomic E-state index is 12.9. The van der Waals surface area contributed by atoms with E-state index >= 15 is 0 Å². The fraction of sp³-hybridized carbons (Fsp3) is 0.111. The van der Waals surface area contributed by atoms with E-state index in [1.54, 1.807) is 29.9 Å². The molecule has 0 saturated carbocycles. The van der Waals surface area contributed by atoms with Crippen LogP contribution < -0.4 is 15.6 Å². The summed E-state index contributed by atoms with van der Waals surface area (Å²) in [7, 11) is 1.71. The lowest BCUT2D eigenvalue weighted by molar-refractivity contribution is 0.0824. The number of nitrogens with one attached hydrogen (secondary N) is 2. The van der Waals surface area contributed by atoms with E-state index in [9.17, 15) is 14.0 Å². The number of hydrazine groups is 1. The van der Waals surface area contributed by atoms with Gasteiger partial charge in [-0.1, -0.05) is 0 Å². The standard InChI is InChI=1S/C18H15BrFN3O4/c1-23-9-11(19)8-15(23)17(24)21-22-18(25)16-7-6-14(27-16)10-26-13-4-2-12(20)3-5-13/h2-9H,10H2,1H3,(H,21,24)(H,22,25). The van der Waals surface area contributed by atoms with Gasteiger partial charge in [0.15, 0.2) is 5.76 Å². The molecule has 0 atom stereocenters. The molecule has 27 heavy (non-hydrogen) atoms. The van der Waals surface area contributed by atoms with Crippen LogP contribution >= 0.6 is 15.9 Å². The number of carbonyl (C=O) groups excluding carboxylic acids is 2. The molecule has 0 saturated heterocycles. The Labute approximate surface area is 162 Å². The van der Waals surface area contributed by atoms with Gasteiger partial charge in [0.05, 0.1) is 0 Å². The molecule has 2 N–H and O–H groups in total. The van der Waals surface area contributed by atoms with Crippen LogP contribution in [0.25, 0.3) is 0 Å². The van der Waals surface area contributed by atoms with Crippen molar-refractivity contribution in [2.24, 2.45) is 7.05 Å². The molecule has 0 aliphatic rings. The van der Waals surface area contributed by atoms with Crippen LogP contribution in [-0.4, -0.2) is 16.4 Å². The highest BCUT2D eigenvalue weighted by atomic mass is 79.9. The highest BCUT2D eigenvalue weighted by molar-refractivity contribution is 9.10. The van der Waals surface area contributed by atoms with E-state index in [0.29, 0.717) is 17.2 Å². The quantitative estimate of drug-likeness (QED) is 0.602. The normalized spacial score (nSPS) is 10.5. The van der Waals surface area contributed by atoms with Crippen LogP contribution in [0.5, 0.6) is 5.75 Å². The third-order valence-electron chi connectivity index (χ3n) is 3.57. The lowest BCUT2D eigenvalue weighted by atomic mass is 10.3. The van der Waals surface area contributed by atoms with Crippen molar-refractivity contribution in [2.45, 2.75) is 6.61 Å². The molecule has 0 aliphatic carbocycles. The van der Waals surface area contributed by atoms with E-state index in [1.807, 2.05) is 0 Å². The molecule has 2 aromatic heterocycles. The van der Waals surface area contributed by atoms with Crippen molar-refractivity contribution in [1.29, 1.82) is 0 Å². The number of ether oxygens (including phenoxy) is 1. The van der Waals surface area contributed by atoms with Gasteiger partial charge in [-0.15, -0.1) is 0 Å². The highest BCUT2D eigenvalue weighted by Gasteiger charge is 2.15. The number of furan rings is 1. The fourth-order valence-electron chi connectivity index (χ4n) is 2.25. The van der Waals surface area contributed by atoms with Crippen molar-refractivity contribution >= 4 is 27.7 Å². The number of halogens is 2. The number of amides is 2. The van der Waals surface area contributed by atoms with Gasteiger partial charge in [0.25, 0.3) is 5.91 Å². The molecule has 0 fully saturated rings. The van der Waals surface area contributed by atoms with Gasteiger partial charge in [-0.05, 0) is 58.4 Å². The molecule has 0 unspecified atom stereocenters. The number of aryl methyl sites for hydroxylation is 1. The highest BCUT2D eigenvalue weighted by Crippen LogP contribution is 2.15. The van der Waals surface area contributed by atoms with Crippen LogP contribution in [0.4, 0.5) is 4.39 Å². The predicted octanol–water partition coefficient (Wildman–Crippen LogP) is 3.17. The Balaban J connectivity index is 1.52. The first-order valence-corrected chi connectivity index (χ1v) is 8.61. The minimum absolute atomic E-state index is 0.0149. The van der Waals surface area contributed by atoms with Gasteiger partial charge in [-0.25, -0.2) is 4.39 Å². The zero-order valence-electron chi connectivity index (χ0n) is 14.2. The first-order valence-electron chi connectivity index (χ1n) is 7.82. The zero-order valence-corrected chi connectivity index (χ0v) is 15.7. The number of aromatic nitrogens is 1. The first-order chi connectivity index (χ1) is 12.9. The first kappa shape index (κ1) is 18.7. The zero-order chi connectivity index (χ0) is 19.4. The Hall–Kier alpha value is -3.07. The average Bonchev–Trinajstić information content (AvgIpc) is 3.25. The van der Waals surface area contributed by atoms with Crippen molar-refractivity contribution in [2.75, 3.05) is 0 Å². The van der Waals surface area contributed by atoms with Crippen LogP contribution in [-0.2, 0) is 13.7 Å². The summed E-state index contributed by atoms with van der Waals surface area (Å²) in [6.07, 6.45) is 1.72. The van der Waals surface area contributed by atoms with Gasteiger partial charge in [0.1, 0.15) is 29.6 Å². The molecule has 2 amide bonds. The smallest absolute Gasteiger partial charge is 0.305 e. The number of carbonyl (C=O) groups is 2. The summed E-state index contributed by atoms with van der Waals surface area (Å²) in [5.74, 6) is -0.542. The number of hydrogen-bond donors (Lipinski definition) is 2. The number of hydrogen-bond acceptors (Lipinski definition) is 4. The average molecular weight is 436 g/mol. The minimum Gasteiger partial charge on any atom is -0.486 e. The Morgan fingerprint density at radius 2 is 1.85 bits per heavy atom. The van der Waals surface area contributed by atoms with E-state index < -0.39 is 11.8 Å². The lowest BCUT2D eigenvalue weighted by Gasteiger charge is -2.06. The van der Waals surface area contributed by atoms with Crippen LogP contribution in [0.2, 0.25) is 0 Å². The van der Waals surface area contributed by atoms with E-state index in [0.717, 1.165) is 4.47 Å². The third kappa shape index (κ3) is 4.76. The van der Waals surface area contributed by atoms with Crippen LogP contribution in [0.3, 0.4) is 0 Å². The summed E-state index contributed by atoms with van der Waals surface area (Å²) in [4.78, 5) is 24.1. The maximum atomic E-state index is 12.9. The molecule has 7 nitrogen and oxygen atoms in total. The van der Waals surface area contributed by atoms with E-state index in [4.69, 9.17) is 9.15 Å². The van der Waals surface area contributed by atoms with Crippen LogP contribution in [0.1, 0.15) is 26.8 Å². The molecular weight excluding hydrogens is 421 g/mol. The molecule has 1 aromatic carbocycles. The van der Waals surface area contributed by atoms with Gasteiger partial charge >= 0.3 is 5.91 Å². The maximum Gasteiger partial charge on any atom is 0.305 e. The Bertz CT molecular complexity index is 965. The summed E-state index contributed by atoms with van der Waals surface area (Å²) in [5.41, 5.74) is 4.97. The lowest BCUT2D eigenvalue weighted by Crippen LogP contribution is -2.42. The second-order valence-electron chi connectivity index (χ2n) is 5.57. The summed E-state index contributed by atoms with van der Waals surface area (Å²) in [6, 6.07) is 10.2.